The summed E-state index contributed by atoms with van der Waals surface area (Å²) in [6.07, 6.45) is 2.71. The van der Waals surface area contributed by atoms with Crippen molar-refractivity contribution in [3.8, 4) is 0 Å². The van der Waals surface area contributed by atoms with E-state index in [9.17, 15) is 13.2 Å². The topological polar surface area (TPSA) is 89.3 Å². The third-order valence-electron chi connectivity index (χ3n) is 3.27. The van der Waals surface area contributed by atoms with E-state index in [1.807, 2.05) is 6.92 Å². The van der Waals surface area contributed by atoms with Crippen LogP contribution in [0.1, 0.15) is 32.6 Å². The van der Waals surface area contributed by atoms with E-state index in [0.717, 1.165) is 6.42 Å². The van der Waals surface area contributed by atoms with Gasteiger partial charge in [-0.3, -0.25) is 9.52 Å². The molecule has 6 heteroatoms. The van der Waals surface area contributed by atoms with Crippen molar-refractivity contribution in [2.24, 2.45) is 11.7 Å². The zero-order chi connectivity index (χ0) is 11.3. The van der Waals surface area contributed by atoms with Crippen LogP contribution in [0.4, 0.5) is 0 Å². The van der Waals surface area contributed by atoms with Gasteiger partial charge in [-0.1, -0.05) is 13.3 Å². The van der Waals surface area contributed by atoms with E-state index in [1.54, 1.807) is 0 Å². The Bertz CT molecular complexity index is 388. The molecule has 2 fully saturated rings. The van der Waals surface area contributed by atoms with Gasteiger partial charge in [0.2, 0.25) is 10.0 Å². The fourth-order valence-electron chi connectivity index (χ4n) is 1.82. The van der Waals surface area contributed by atoms with Crippen LogP contribution in [0.2, 0.25) is 0 Å². The maximum absolute atomic E-state index is 11.6. The molecule has 0 aromatic heterocycles. The molecule has 15 heavy (non-hydrogen) atoms. The minimum absolute atomic E-state index is 0.131. The Morgan fingerprint density at radius 2 is 2.13 bits per heavy atom. The first-order valence-electron chi connectivity index (χ1n) is 5.25. The van der Waals surface area contributed by atoms with Gasteiger partial charge in [-0.05, 0) is 25.2 Å². The molecule has 5 nitrogen and oxygen atoms in total. The Hall–Kier alpha value is -0.620. The number of hydrogen-bond donors (Lipinski definition) is 2. The van der Waals surface area contributed by atoms with Gasteiger partial charge >= 0.3 is 0 Å². The minimum Gasteiger partial charge on any atom is -0.317 e. The largest absolute Gasteiger partial charge is 0.317 e. The molecule has 0 aliphatic heterocycles. The van der Waals surface area contributed by atoms with Gasteiger partial charge in [0.25, 0.3) is 5.91 Å². The summed E-state index contributed by atoms with van der Waals surface area (Å²) in [7, 11) is -3.44. The molecule has 2 rings (SSSR count). The van der Waals surface area contributed by atoms with Crippen LogP contribution in [-0.2, 0) is 14.8 Å². The van der Waals surface area contributed by atoms with Crippen molar-refractivity contribution in [2.75, 3.05) is 0 Å². The van der Waals surface area contributed by atoms with Crippen LogP contribution in [0.5, 0.6) is 0 Å². The SMILES string of the molecule is CC[C@@H]1CC1(N)C(=O)NS(=O)(=O)C1CC1. The molecule has 2 saturated carbocycles. The van der Waals surface area contributed by atoms with Gasteiger partial charge in [0.15, 0.2) is 0 Å². The van der Waals surface area contributed by atoms with E-state index < -0.39 is 21.5 Å². The molecular formula is C9H16N2O3S. The Morgan fingerprint density at radius 1 is 1.53 bits per heavy atom. The van der Waals surface area contributed by atoms with Crippen molar-refractivity contribution in [3.05, 3.63) is 0 Å². The molecule has 0 saturated heterocycles. The average molecular weight is 232 g/mol. The van der Waals surface area contributed by atoms with Crippen LogP contribution in [-0.4, -0.2) is 25.1 Å². The Balaban J connectivity index is 1.99. The Morgan fingerprint density at radius 3 is 2.53 bits per heavy atom. The minimum atomic E-state index is -3.44. The monoisotopic (exact) mass is 232 g/mol. The summed E-state index contributed by atoms with van der Waals surface area (Å²) in [5, 5.41) is -0.371. The van der Waals surface area contributed by atoms with Crippen molar-refractivity contribution < 1.29 is 13.2 Å². The normalized spacial score (nSPS) is 34.9. The zero-order valence-electron chi connectivity index (χ0n) is 8.69. The lowest BCUT2D eigenvalue weighted by Crippen LogP contribution is -2.47. The average Bonchev–Trinajstić information content (AvgIpc) is 2.97. The number of hydrogen-bond acceptors (Lipinski definition) is 4. The number of carbonyl (C=O) groups excluding carboxylic acids is 1. The molecule has 3 N–H and O–H groups in total. The summed E-state index contributed by atoms with van der Waals surface area (Å²) in [6, 6.07) is 0. The molecule has 0 bridgehead atoms. The first-order valence-corrected chi connectivity index (χ1v) is 6.79. The number of nitrogens with two attached hydrogens (primary N) is 1. The van der Waals surface area contributed by atoms with Gasteiger partial charge in [0.05, 0.1) is 10.8 Å². The Labute approximate surface area is 89.5 Å². The van der Waals surface area contributed by atoms with Crippen LogP contribution < -0.4 is 10.5 Å². The lowest BCUT2D eigenvalue weighted by atomic mass is 10.2. The highest BCUT2D eigenvalue weighted by Crippen LogP contribution is 2.43. The van der Waals surface area contributed by atoms with Crippen LogP contribution >= 0.6 is 0 Å². The number of amides is 1. The lowest BCUT2D eigenvalue weighted by Gasteiger charge is -2.11. The Kier molecular flexibility index (Phi) is 2.31. The molecule has 0 aromatic rings. The van der Waals surface area contributed by atoms with E-state index in [2.05, 4.69) is 4.72 Å². The molecule has 0 spiro atoms. The predicted molar refractivity (Wildman–Crippen MR) is 55.4 cm³/mol. The molecule has 2 atom stereocenters. The van der Waals surface area contributed by atoms with Crippen molar-refractivity contribution >= 4 is 15.9 Å². The van der Waals surface area contributed by atoms with Gasteiger partial charge in [-0.15, -0.1) is 0 Å². The van der Waals surface area contributed by atoms with Crippen LogP contribution in [0.15, 0.2) is 0 Å². The highest BCUT2D eigenvalue weighted by Gasteiger charge is 2.57. The van der Waals surface area contributed by atoms with Crippen LogP contribution in [0.25, 0.3) is 0 Å². The first kappa shape index (κ1) is 10.9. The van der Waals surface area contributed by atoms with Gasteiger partial charge in [-0.2, -0.15) is 0 Å². The summed E-state index contributed by atoms with van der Waals surface area (Å²) in [5.41, 5.74) is 4.86. The zero-order valence-corrected chi connectivity index (χ0v) is 9.51. The van der Waals surface area contributed by atoms with E-state index in [0.29, 0.717) is 19.3 Å². The first-order chi connectivity index (χ1) is 6.90. The maximum Gasteiger partial charge on any atom is 0.253 e. The van der Waals surface area contributed by atoms with E-state index in [4.69, 9.17) is 5.73 Å². The highest BCUT2D eigenvalue weighted by atomic mass is 32.2. The molecule has 0 radical (unpaired) electrons. The second-order valence-electron chi connectivity index (χ2n) is 4.53. The number of nitrogens with one attached hydrogen (secondary N) is 1. The second-order valence-corrected chi connectivity index (χ2v) is 6.49. The van der Waals surface area contributed by atoms with Gasteiger partial charge in [0.1, 0.15) is 0 Å². The van der Waals surface area contributed by atoms with Gasteiger partial charge in [-0.25, -0.2) is 8.42 Å². The smallest absolute Gasteiger partial charge is 0.253 e. The van der Waals surface area contributed by atoms with Crippen molar-refractivity contribution in [2.45, 2.75) is 43.4 Å². The summed E-state index contributed by atoms with van der Waals surface area (Å²) in [5.74, 6) is -0.395. The molecule has 1 unspecified atom stereocenters. The summed E-state index contributed by atoms with van der Waals surface area (Å²) in [6.45, 7) is 1.95. The van der Waals surface area contributed by atoms with E-state index >= 15 is 0 Å². The van der Waals surface area contributed by atoms with Gasteiger partial charge in [0, 0.05) is 0 Å². The summed E-state index contributed by atoms with van der Waals surface area (Å²) in [4.78, 5) is 11.6. The van der Waals surface area contributed by atoms with Crippen LogP contribution in [0.3, 0.4) is 0 Å². The quantitative estimate of drug-likeness (QED) is 0.697. The van der Waals surface area contributed by atoms with Crippen molar-refractivity contribution in [1.29, 1.82) is 0 Å². The predicted octanol–water partition coefficient (Wildman–Crippen LogP) is -0.278. The third kappa shape index (κ3) is 1.88. The van der Waals surface area contributed by atoms with Gasteiger partial charge < -0.3 is 5.73 Å². The highest BCUT2D eigenvalue weighted by molar-refractivity contribution is 7.90. The molecule has 2 aliphatic carbocycles. The molecular weight excluding hydrogens is 216 g/mol. The lowest BCUT2D eigenvalue weighted by molar-refractivity contribution is -0.121. The van der Waals surface area contributed by atoms with Crippen LogP contribution in [0, 0.1) is 5.92 Å². The molecule has 0 heterocycles. The van der Waals surface area contributed by atoms with Crippen molar-refractivity contribution in [1.82, 2.24) is 4.72 Å². The number of sulfonamides is 1. The fourth-order valence-corrected chi connectivity index (χ4v) is 3.19. The molecule has 86 valence electrons. The molecule has 0 aromatic carbocycles. The summed E-state index contributed by atoms with van der Waals surface area (Å²) >= 11 is 0. The summed E-state index contributed by atoms with van der Waals surface area (Å²) < 4.78 is 25.1. The molecule has 2 aliphatic rings. The fraction of sp³-hybridized carbons (Fsp3) is 0.889. The standard InChI is InChI=1S/C9H16N2O3S/c1-2-6-5-9(6,10)8(12)11-15(13,14)7-3-4-7/h6-7H,2-5,10H2,1H3,(H,11,12)/t6-,9?/m1/s1. The molecule has 1 amide bonds. The number of rotatable bonds is 4. The maximum atomic E-state index is 11.6. The second kappa shape index (κ2) is 3.18. The number of carbonyl (C=O) groups is 1. The van der Waals surface area contributed by atoms with E-state index in [-0.39, 0.29) is 11.2 Å². The van der Waals surface area contributed by atoms with E-state index in [1.165, 1.54) is 0 Å². The third-order valence-corrected chi connectivity index (χ3v) is 5.09. The van der Waals surface area contributed by atoms with Crippen molar-refractivity contribution in [3.63, 3.8) is 0 Å².